The van der Waals surface area contributed by atoms with Crippen LogP contribution in [-0.2, 0) is 0 Å². The summed E-state index contributed by atoms with van der Waals surface area (Å²) in [7, 11) is 5.04. The summed E-state index contributed by atoms with van der Waals surface area (Å²) in [5.41, 5.74) is 0. The van der Waals surface area contributed by atoms with Crippen LogP contribution in [0, 0.1) is 0 Å². The van der Waals surface area contributed by atoms with Gasteiger partial charge in [-0.25, -0.2) is 5.21 Å². The fourth-order valence-electron chi connectivity index (χ4n) is 0. The second-order valence-corrected chi connectivity index (χ2v) is 1.94. The first-order chi connectivity index (χ1) is 2.00. The molecule has 0 unspecified atom stereocenters. The Morgan fingerprint density at radius 3 is 1.14 bits per heavy atom. The number of hydroxylamine groups is 3. The predicted octanol–water partition coefficient (Wildman–Crippen LogP) is -2.28. The third kappa shape index (κ3) is 2500. The van der Waals surface area contributed by atoms with E-state index in [1.807, 2.05) is 0 Å². The summed E-state index contributed by atoms with van der Waals surface area (Å²) >= 11 is 0. The molecule has 7 heavy (non-hydrogen) atoms. The van der Waals surface area contributed by atoms with Gasteiger partial charge in [0.05, 0.1) is 21.1 Å². The number of hydrogen-bond acceptors (Lipinski definition) is 1. The lowest BCUT2D eigenvalue weighted by Crippen LogP contribution is -3.00. The minimum Gasteiger partial charge on any atom is -1.00 e. The molecule has 0 radical (unpaired) electrons. The highest BCUT2D eigenvalue weighted by Crippen LogP contribution is 1.72. The van der Waals surface area contributed by atoms with E-state index >= 15 is 0 Å². The molecule has 0 saturated heterocycles. The van der Waals surface area contributed by atoms with Crippen LogP contribution < -0.4 is 12.4 Å². The van der Waals surface area contributed by atoms with Gasteiger partial charge in [0, 0.05) is 0 Å². The lowest BCUT2D eigenvalue weighted by atomic mass is 11.0. The summed E-state index contributed by atoms with van der Waals surface area (Å²) in [6, 6.07) is 0. The Kier molecular flexibility index (Phi) is 9.80. The summed E-state index contributed by atoms with van der Waals surface area (Å²) in [5, 5.41) is 8.46. The van der Waals surface area contributed by atoms with E-state index < -0.39 is 0 Å². The Labute approximate surface area is 51.7 Å². The van der Waals surface area contributed by atoms with E-state index in [-0.39, 0.29) is 24.5 Å². The molecule has 3 heteroatoms. The molecule has 0 bridgehead atoms. The largest absolute Gasteiger partial charge is 1.00 e. The van der Waals surface area contributed by atoms with Crippen molar-refractivity contribution in [1.82, 2.24) is 0 Å². The van der Waals surface area contributed by atoms with Crippen molar-refractivity contribution >= 4 is 0 Å². The molecule has 0 heterocycles. The van der Waals surface area contributed by atoms with Crippen LogP contribution in [-0.4, -0.2) is 31.0 Å². The van der Waals surface area contributed by atoms with Crippen LogP contribution >= 0.6 is 0 Å². The van der Waals surface area contributed by atoms with Crippen LogP contribution in [0.1, 0.15) is 7.43 Å². The maximum absolute atomic E-state index is 8.46. The zero-order valence-corrected chi connectivity index (χ0v) is 5.03. The Morgan fingerprint density at radius 2 is 1.14 bits per heavy atom. The van der Waals surface area contributed by atoms with Crippen molar-refractivity contribution in [2.75, 3.05) is 21.1 Å². The van der Waals surface area contributed by atoms with Crippen LogP contribution in [0.4, 0.5) is 0 Å². The zero-order chi connectivity index (χ0) is 4.50. The van der Waals surface area contributed by atoms with Crippen molar-refractivity contribution in [3.8, 4) is 0 Å². The van der Waals surface area contributed by atoms with Crippen molar-refractivity contribution in [3.05, 3.63) is 0 Å². The fourth-order valence-corrected chi connectivity index (χ4v) is 0. The highest BCUT2D eigenvalue weighted by atomic mass is 35.5. The summed E-state index contributed by atoms with van der Waals surface area (Å²) in [4.78, 5) is 0. The topological polar surface area (TPSA) is 20.2 Å². The molecule has 0 rings (SSSR count). The molecule has 0 aromatic rings. The van der Waals surface area contributed by atoms with Gasteiger partial charge in [-0.15, -0.1) is 0 Å². The number of quaternary nitrogens is 1. The highest BCUT2D eigenvalue weighted by Gasteiger charge is 1.92. The molecule has 0 aromatic carbocycles. The third-order valence-electron chi connectivity index (χ3n) is 0. The average Bonchev–Trinajstić information content (AvgIpc) is 0.722. The van der Waals surface area contributed by atoms with Crippen LogP contribution in [0.15, 0.2) is 0 Å². The first-order valence-electron chi connectivity index (χ1n) is 1.54. The second kappa shape index (κ2) is 4.37. The summed E-state index contributed by atoms with van der Waals surface area (Å²) < 4.78 is 0. The van der Waals surface area contributed by atoms with Crippen LogP contribution in [0.2, 0.25) is 0 Å². The molecule has 0 saturated carbocycles. The zero-order valence-electron chi connectivity index (χ0n) is 4.27. The lowest BCUT2D eigenvalue weighted by molar-refractivity contribution is -1.06. The molecular formula is C4H14ClNO. The van der Waals surface area contributed by atoms with Crippen molar-refractivity contribution in [3.63, 3.8) is 0 Å². The predicted molar refractivity (Wildman–Crippen MR) is 26.5 cm³/mol. The van der Waals surface area contributed by atoms with Gasteiger partial charge in [-0.05, 0) is 0 Å². The number of halogens is 1. The summed E-state index contributed by atoms with van der Waals surface area (Å²) in [6.07, 6.45) is 0. The Morgan fingerprint density at radius 1 is 1.14 bits per heavy atom. The van der Waals surface area contributed by atoms with Gasteiger partial charge in [0.2, 0.25) is 0 Å². The van der Waals surface area contributed by atoms with E-state index in [0.717, 1.165) is 0 Å². The Hall–Kier alpha value is 0.210. The van der Waals surface area contributed by atoms with E-state index in [4.69, 9.17) is 5.21 Å². The van der Waals surface area contributed by atoms with Gasteiger partial charge < -0.3 is 12.4 Å². The SMILES string of the molecule is C.C[N+](C)(C)O.[Cl-]. The van der Waals surface area contributed by atoms with E-state index in [9.17, 15) is 0 Å². The molecule has 0 aromatic heterocycles. The van der Waals surface area contributed by atoms with Gasteiger partial charge in [-0.1, -0.05) is 7.43 Å². The van der Waals surface area contributed by atoms with Gasteiger partial charge in [-0.3, -0.25) is 0 Å². The standard InChI is InChI=1S/C3H10NO.CH4.ClH/c1-4(2,3)5;;/h5H,1-3H3;1H4;1H/q+1;;/p-1. The number of hydrogen-bond donors (Lipinski definition) is 1. The van der Waals surface area contributed by atoms with Crippen LogP contribution in [0.5, 0.6) is 0 Å². The Bertz CT molecular complexity index is 27.2. The van der Waals surface area contributed by atoms with Gasteiger partial charge in [0.1, 0.15) is 0 Å². The smallest absolute Gasteiger partial charge is 0.0979 e. The van der Waals surface area contributed by atoms with Crippen molar-refractivity contribution in [2.45, 2.75) is 7.43 Å². The van der Waals surface area contributed by atoms with Crippen molar-refractivity contribution in [1.29, 1.82) is 0 Å². The first-order valence-corrected chi connectivity index (χ1v) is 1.54. The molecule has 48 valence electrons. The van der Waals surface area contributed by atoms with E-state index in [1.54, 1.807) is 21.1 Å². The van der Waals surface area contributed by atoms with Crippen LogP contribution in [0.25, 0.3) is 0 Å². The maximum atomic E-state index is 8.46. The second-order valence-electron chi connectivity index (χ2n) is 1.94. The van der Waals surface area contributed by atoms with E-state index in [2.05, 4.69) is 0 Å². The maximum Gasteiger partial charge on any atom is 0.0979 e. The molecule has 0 amide bonds. The summed E-state index contributed by atoms with van der Waals surface area (Å²) in [5.74, 6) is 0. The molecule has 0 fully saturated rings. The van der Waals surface area contributed by atoms with Crippen LogP contribution in [0.3, 0.4) is 0 Å². The minimum absolute atomic E-state index is 0. The highest BCUT2D eigenvalue weighted by molar-refractivity contribution is 3.72. The molecule has 2 nitrogen and oxygen atoms in total. The average molecular weight is 128 g/mol. The minimum atomic E-state index is 0. The molecular weight excluding hydrogens is 114 g/mol. The monoisotopic (exact) mass is 127 g/mol. The van der Waals surface area contributed by atoms with Crippen molar-refractivity contribution < 1.29 is 22.3 Å². The number of rotatable bonds is 0. The molecule has 0 aliphatic carbocycles. The van der Waals surface area contributed by atoms with Gasteiger partial charge in [0.25, 0.3) is 0 Å². The van der Waals surface area contributed by atoms with Gasteiger partial charge >= 0.3 is 0 Å². The van der Waals surface area contributed by atoms with Gasteiger partial charge in [0.15, 0.2) is 0 Å². The lowest BCUT2D eigenvalue weighted by Gasteiger charge is -2.09. The molecule has 0 atom stereocenters. The van der Waals surface area contributed by atoms with E-state index in [0.29, 0.717) is 0 Å². The molecule has 0 spiro atoms. The van der Waals surface area contributed by atoms with Gasteiger partial charge in [-0.2, -0.15) is 4.65 Å². The molecule has 0 aliphatic rings. The summed E-state index contributed by atoms with van der Waals surface area (Å²) in [6.45, 7) is 0. The van der Waals surface area contributed by atoms with E-state index in [1.165, 1.54) is 0 Å². The molecule has 0 aliphatic heterocycles. The molecule has 1 N–H and O–H groups in total. The normalized spacial score (nSPS) is 8.57. The first kappa shape index (κ1) is 15.7. The fraction of sp³-hybridized carbons (Fsp3) is 1.00. The Balaban J connectivity index is -0.0000000800. The van der Waals surface area contributed by atoms with Crippen molar-refractivity contribution in [2.24, 2.45) is 0 Å². The third-order valence-corrected chi connectivity index (χ3v) is 0. The number of nitrogens with zero attached hydrogens (tertiary/aromatic N) is 1. The quantitative estimate of drug-likeness (QED) is 0.287.